The number of nitriles is 1. The zero-order valence-corrected chi connectivity index (χ0v) is 15.9. The molecule has 3 aromatic rings. The van der Waals surface area contributed by atoms with Crippen LogP contribution in [0.3, 0.4) is 0 Å². The zero-order chi connectivity index (χ0) is 20.8. The predicted molar refractivity (Wildman–Crippen MR) is 109 cm³/mol. The van der Waals surface area contributed by atoms with Gasteiger partial charge in [0, 0.05) is 17.3 Å². The quantitative estimate of drug-likeness (QED) is 0.353. The highest BCUT2D eigenvalue weighted by atomic mass is 32.1. The molecule has 0 aliphatic carbocycles. The van der Waals surface area contributed by atoms with E-state index in [1.54, 1.807) is 0 Å². The fraction of sp³-hybridized carbons (Fsp3) is 0.150. The molecule has 0 aliphatic heterocycles. The van der Waals surface area contributed by atoms with E-state index in [0.29, 0.717) is 0 Å². The molecule has 0 bridgehead atoms. The molecule has 0 spiro atoms. The van der Waals surface area contributed by atoms with Gasteiger partial charge < -0.3 is 10.6 Å². The fourth-order valence-electron chi connectivity index (χ4n) is 2.98. The number of nitro benzene ring substituents is 1. The number of benzene rings is 2. The Balaban J connectivity index is 1.86. The van der Waals surface area contributed by atoms with Crippen molar-refractivity contribution < 1.29 is 14.5 Å². The molecule has 1 atom stereocenters. The number of fused-ring (bicyclic) bond motifs is 1. The molecule has 0 saturated carbocycles. The number of thiophene rings is 1. The molecule has 8 nitrogen and oxygen atoms in total. The average Bonchev–Trinajstić information content (AvgIpc) is 3.16. The summed E-state index contributed by atoms with van der Waals surface area (Å²) < 4.78 is 0.991. The third-order valence-corrected chi connectivity index (χ3v) is 5.34. The molecule has 9 heteroatoms. The Morgan fingerprint density at radius 1 is 1.14 bits per heavy atom. The molecule has 2 amide bonds. The number of carbonyl (C=O) groups excluding carboxylic acids is 2. The van der Waals surface area contributed by atoms with E-state index in [4.69, 9.17) is 5.26 Å². The summed E-state index contributed by atoms with van der Waals surface area (Å²) >= 11 is 1.47. The Labute approximate surface area is 169 Å². The number of hydrogen-bond acceptors (Lipinski definition) is 6. The van der Waals surface area contributed by atoms with Crippen molar-refractivity contribution in [3.05, 3.63) is 75.2 Å². The van der Waals surface area contributed by atoms with E-state index in [0.717, 1.165) is 15.6 Å². The first kappa shape index (κ1) is 20.0. The monoisotopic (exact) mass is 408 g/mol. The van der Waals surface area contributed by atoms with E-state index < -0.39 is 22.7 Å². The second kappa shape index (κ2) is 8.95. The van der Waals surface area contributed by atoms with Gasteiger partial charge in [-0.2, -0.15) is 5.26 Å². The summed E-state index contributed by atoms with van der Waals surface area (Å²) in [6.07, 6.45) is 0. The maximum atomic E-state index is 12.7. The Kier molecular flexibility index (Phi) is 6.16. The van der Waals surface area contributed by atoms with Crippen LogP contribution in [0.5, 0.6) is 0 Å². The number of carbonyl (C=O) groups is 2. The predicted octanol–water partition coefficient (Wildman–Crippen LogP) is 2.96. The van der Waals surface area contributed by atoms with Crippen molar-refractivity contribution in [2.24, 2.45) is 0 Å². The number of para-hydroxylation sites is 1. The second-order valence-electron chi connectivity index (χ2n) is 6.10. The van der Waals surface area contributed by atoms with Gasteiger partial charge in [0.05, 0.1) is 16.9 Å². The normalized spacial score (nSPS) is 11.4. The van der Waals surface area contributed by atoms with Crippen LogP contribution in [0.25, 0.3) is 10.1 Å². The van der Waals surface area contributed by atoms with Gasteiger partial charge in [-0.05, 0) is 28.5 Å². The summed E-state index contributed by atoms with van der Waals surface area (Å²) in [6.45, 7) is -0.224. The zero-order valence-electron chi connectivity index (χ0n) is 15.1. The van der Waals surface area contributed by atoms with Gasteiger partial charge in [0.25, 0.3) is 11.6 Å². The van der Waals surface area contributed by atoms with Gasteiger partial charge in [-0.3, -0.25) is 19.7 Å². The molecular formula is C20H16N4O4S. The molecule has 29 heavy (non-hydrogen) atoms. The lowest BCUT2D eigenvalue weighted by atomic mass is 9.97. The van der Waals surface area contributed by atoms with Gasteiger partial charge in [-0.1, -0.05) is 30.3 Å². The molecule has 0 aliphatic rings. The second-order valence-corrected chi connectivity index (χ2v) is 7.01. The maximum Gasteiger partial charge on any atom is 0.282 e. The molecule has 1 aromatic heterocycles. The highest BCUT2D eigenvalue weighted by Crippen LogP contribution is 2.31. The number of nitrogens with zero attached hydrogens (tertiary/aromatic N) is 2. The summed E-state index contributed by atoms with van der Waals surface area (Å²) in [5.41, 5.74) is 0.337. The topological polar surface area (TPSA) is 125 Å². The maximum absolute atomic E-state index is 12.7. The van der Waals surface area contributed by atoms with Crippen LogP contribution < -0.4 is 10.6 Å². The van der Waals surface area contributed by atoms with Crippen molar-refractivity contribution in [1.29, 1.82) is 5.26 Å². The minimum Gasteiger partial charge on any atom is -0.351 e. The van der Waals surface area contributed by atoms with E-state index >= 15 is 0 Å². The molecule has 1 heterocycles. The fourth-order valence-corrected chi connectivity index (χ4v) is 3.99. The van der Waals surface area contributed by atoms with Crippen molar-refractivity contribution >= 4 is 38.9 Å². The van der Waals surface area contributed by atoms with E-state index in [-0.39, 0.29) is 24.3 Å². The van der Waals surface area contributed by atoms with Gasteiger partial charge in [-0.15, -0.1) is 11.3 Å². The number of hydrogen-bond donors (Lipinski definition) is 2. The van der Waals surface area contributed by atoms with Crippen LogP contribution in [0.15, 0.2) is 53.9 Å². The molecule has 1 unspecified atom stereocenters. The number of nitrogens with one attached hydrogen (secondary N) is 2. The minimum atomic E-state index is -0.744. The molecule has 0 radical (unpaired) electrons. The summed E-state index contributed by atoms with van der Waals surface area (Å²) in [5, 5.41) is 27.8. The van der Waals surface area contributed by atoms with Crippen LogP contribution >= 0.6 is 11.3 Å². The number of nitro groups is 1. The summed E-state index contributed by atoms with van der Waals surface area (Å²) in [4.78, 5) is 35.7. The number of amides is 2. The van der Waals surface area contributed by atoms with Crippen LogP contribution in [-0.2, 0) is 4.79 Å². The highest BCUT2D eigenvalue weighted by Gasteiger charge is 2.26. The smallest absolute Gasteiger partial charge is 0.282 e. The Morgan fingerprint density at radius 2 is 1.86 bits per heavy atom. The standard InChI is InChI=1S/C20H16N4O4S/c21-9-10-22-20(26)15(16-12-29-18-8-4-2-5-13(16)18)11-23-19(25)14-6-1-3-7-17(14)24(27)28/h1-8,12,15H,10-11H2,(H,22,26)(H,23,25). The first-order chi connectivity index (χ1) is 14.0. The van der Waals surface area contributed by atoms with Crippen LogP contribution in [0.1, 0.15) is 21.8 Å². The van der Waals surface area contributed by atoms with Crippen LogP contribution in [0.4, 0.5) is 5.69 Å². The average molecular weight is 408 g/mol. The summed E-state index contributed by atoms with van der Waals surface area (Å²) in [5.74, 6) is -1.79. The Hall–Kier alpha value is -3.77. The third-order valence-electron chi connectivity index (χ3n) is 4.36. The van der Waals surface area contributed by atoms with E-state index in [9.17, 15) is 19.7 Å². The third kappa shape index (κ3) is 4.39. The van der Waals surface area contributed by atoms with Crippen molar-refractivity contribution in [2.45, 2.75) is 5.92 Å². The lowest BCUT2D eigenvalue weighted by Crippen LogP contribution is -2.37. The highest BCUT2D eigenvalue weighted by molar-refractivity contribution is 7.17. The van der Waals surface area contributed by atoms with Gasteiger partial charge in [0.1, 0.15) is 12.1 Å². The molecule has 146 valence electrons. The molecule has 0 saturated heterocycles. The van der Waals surface area contributed by atoms with Crippen molar-refractivity contribution in [3.8, 4) is 6.07 Å². The van der Waals surface area contributed by atoms with Crippen molar-refractivity contribution in [2.75, 3.05) is 13.1 Å². The van der Waals surface area contributed by atoms with Crippen LogP contribution in [-0.4, -0.2) is 29.8 Å². The molecule has 2 N–H and O–H groups in total. The van der Waals surface area contributed by atoms with Crippen molar-refractivity contribution in [3.63, 3.8) is 0 Å². The Morgan fingerprint density at radius 3 is 2.62 bits per heavy atom. The Bertz CT molecular complexity index is 1120. The molecule has 3 rings (SSSR count). The van der Waals surface area contributed by atoms with Crippen molar-refractivity contribution in [1.82, 2.24) is 10.6 Å². The lowest BCUT2D eigenvalue weighted by molar-refractivity contribution is -0.385. The van der Waals surface area contributed by atoms with Gasteiger partial charge in [-0.25, -0.2) is 0 Å². The van der Waals surface area contributed by atoms with E-state index in [1.165, 1.54) is 35.6 Å². The lowest BCUT2D eigenvalue weighted by Gasteiger charge is -2.17. The van der Waals surface area contributed by atoms with E-state index in [2.05, 4.69) is 10.6 Å². The minimum absolute atomic E-state index is 0.0666. The molecule has 2 aromatic carbocycles. The summed E-state index contributed by atoms with van der Waals surface area (Å²) in [7, 11) is 0. The molecule has 0 fully saturated rings. The van der Waals surface area contributed by atoms with Gasteiger partial charge in [0.2, 0.25) is 5.91 Å². The first-order valence-electron chi connectivity index (χ1n) is 8.65. The first-order valence-corrected chi connectivity index (χ1v) is 9.53. The van der Waals surface area contributed by atoms with Crippen LogP contribution in [0.2, 0.25) is 0 Å². The van der Waals surface area contributed by atoms with Gasteiger partial charge >= 0.3 is 0 Å². The summed E-state index contributed by atoms with van der Waals surface area (Å²) in [6, 6.07) is 15.0. The molecular weight excluding hydrogens is 392 g/mol. The SMILES string of the molecule is N#CCNC(=O)C(CNC(=O)c1ccccc1[N+](=O)[O-])c1csc2ccccc12. The van der Waals surface area contributed by atoms with Crippen LogP contribution in [0, 0.1) is 21.4 Å². The van der Waals surface area contributed by atoms with Gasteiger partial charge in [0.15, 0.2) is 0 Å². The van der Waals surface area contributed by atoms with E-state index in [1.807, 2.05) is 35.7 Å². The number of rotatable bonds is 7. The largest absolute Gasteiger partial charge is 0.351 e.